The van der Waals surface area contributed by atoms with Crippen molar-refractivity contribution in [1.82, 2.24) is 4.57 Å². The number of nitrogens with one attached hydrogen (secondary N) is 1. The smallest absolute Gasteiger partial charge is 0.261 e. The fourth-order valence-corrected chi connectivity index (χ4v) is 2.99. The fraction of sp³-hybridized carbons (Fsp3) is 0.238. The van der Waals surface area contributed by atoms with E-state index in [0.29, 0.717) is 11.9 Å². The number of fused-ring (bicyclic) bond motifs is 1. The van der Waals surface area contributed by atoms with Crippen LogP contribution in [0.1, 0.15) is 34.0 Å². The van der Waals surface area contributed by atoms with Gasteiger partial charge in [0.2, 0.25) is 5.43 Å². The van der Waals surface area contributed by atoms with Crippen LogP contribution in [0.5, 0.6) is 0 Å². The van der Waals surface area contributed by atoms with E-state index in [0.717, 1.165) is 27.9 Å². The minimum atomic E-state index is -0.371. The molecule has 0 spiro atoms. The van der Waals surface area contributed by atoms with Crippen molar-refractivity contribution in [3.05, 3.63) is 75.1 Å². The summed E-state index contributed by atoms with van der Waals surface area (Å²) in [4.78, 5) is 25.6. The number of nitrogens with zero attached hydrogens (tertiary/aromatic N) is 1. The zero-order chi connectivity index (χ0) is 18.1. The molecule has 0 aliphatic carbocycles. The van der Waals surface area contributed by atoms with Crippen molar-refractivity contribution in [2.24, 2.45) is 0 Å². The van der Waals surface area contributed by atoms with E-state index >= 15 is 0 Å². The van der Waals surface area contributed by atoms with Crippen molar-refractivity contribution in [1.29, 1.82) is 0 Å². The van der Waals surface area contributed by atoms with Gasteiger partial charge in [0, 0.05) is 23.8 Å². The summed E-state index contributed by atoms with van der Waals surface area (Å²) in [6.07, 6.45) is 1.65. The molecule has 0 saturated carbocycles. The quantitative estimate of drug-likeness (QED) is 0.780. The van der Waals surface area contributed by atoms with Gasteiger partial charge in [0.05, 0.1) is 5.52 Å². The van der Waals surface area contributed by atoms with Crippen LogP contribution in [0.2, 0.25) is 0 Å². The summed E-state index contributed by atoms with van der Waals surface area (Å²) in [5.41, 5.74) is 4.54. The molecule has 0 aliphatic rings. The van der Waals surface area contributed by atoms with Crippen LogP contribution in [-0.2, 0) is 6.54 Å². The molecule has 3 rings (SSSR count). The highest BCUT2D eigenvalue weighted by molar-refractivity contribution is 6.06. The minimum Gasteiger partial charge on any atom is -0.347 e. The Bertz CT molecular complexity index is 1030. The lowest BCUT2D eigenvalue weighted by molar-refractivity contribution is 0.102. The van der Waals surface area contributed by atoms with Crippen molar-refractivity contribution < 1.29 is 4.79 Å². The van der Waals surface area contributed by atoms with Gasteiger partial charge in [-0.1, -0.05) is 23.8 Å². The third-order valence-corrected chi connectivity index (χ3v) is 4.46. The zero-order valence-electron chi connectivity index (χ0n) is 15.0. The van der Waals surface area contributed by atoms with Crippen molar-refractivity contribution in [2.75, 3.05) is 5.32 Å². The third-order valence-electron chi connectivity index (χ3n) is 4.46. The number of hydrogen-bond donors (Lipinski definition) is 1. The highest BCUT2D eigenvalue weighted by Gasteiger charge is 2.16. The molecule has 1 aromatic heterocycles. The normalized spacial score (nSPS) is 10.9. The second kappa shape index (κ2) is 6.55. The van der Waals surface area contributed by atoms with Gasteiger partial charge in [-0.25, -0.2) is 0 Å². The van der Waals surface area contributed by atoms with Crippen LogP contribution in [0.4, 0.5) is 5.69 Å². The molecule has 4 heteroatoms. The van der Waals surface area contributed by atoms with E-state index in [1.807, 2.05) is 68.7 Å². The Morgan fingerprint density at radius 1 is 1.04 bits per heavy atom. The van der Waals surface area contributed by atoms with Crippen LogP contribution in [0.3, 0.4) is 0 Å². The summed E-state index contributed by atoms with van der Waals surface area (Å²) < 4.78 is 1.94. The lowest BCUT2D eigenvalue weighted by Gasteiger charge is -2.13. The summed E-state index contributed by atoms with van der Waals surface area (Å²) >= 11 is 0. The van der Waals surface area contributed by atoms with Gasteiger partial charge in [-0.15, -0.1) is 0 Å². The maximum absolute atomic E-state index is 12.9. The van der Waals surface area contributed by atoms with Crippen LogP contribution >= 0.6 is 0 Å². The van der Waals surface area contributed by atoms with Gasteiger partial charge in [0.25, 0.3) is 5.91 Å². The summed E-state index contributed by atoms with van der Waals surface area (Å²) in [5.74, 6) is -0.371. The van der Waals surface area contributed by atoms with E-state index in [2.05, 4.69) is 5.32 Å². The summed E-state index contributed by atoms with van der Waals surface area (Å²) in [6.45, 7) is 8.53. The van der Waals surface area contributed by atoms with Gasteiger partial charge < -0.3 is 9.88 Å². The first kappa shape index (κ1) is 17.0. The number of pyridine rings is 1. The molecule has 3 aromatic rings. The summed E-state index contributed by atoms with van der Waals surface area (Å²) in [7, 11) is 0. The Balaban J connectivity index is 2.11. The first-order valence-electron chi connectivity index (χ1n) is 8.43. The Morgan fingerprint density at radius 3 is 2.44 bits per heavy atom. The average Bonchev–Trinajstić information content (AvgIpc) is 2.58. The first-order chi connectivity index (χ1) is 11.9. The molecule has 2 aromatic carbocycles. The van der Waals surface area contributed by atoms with Crippen LogP contribution in [0.25, 0.3) is 10.9 Å². The van der Waals surface area contributed by atoms with Crippen molar-refractivity contribution >= 4 is 22.5 Å². The van der Waals surface area contributed by atoms with E-state index < -0.39 is 0 Å². The minimum absolute atomic E-state index is 0.167. The van der Waals surface area contributed by atoms with Crippen LogP contribution in [0, 0.1) is 20.8 Å². The van der Waals surface area contributed by atoms with E-state index in [9.17, 15) is 9.59 Å². The molecule has 0 unspecified atom stereocenters. The standard InChI is InChI=1S/C21H22N2O2/c1-5-23-12-17(20(24)16-10-13(2)7-9-19(16)23)21(25)22-18-11-14(3)6-8-15(18)4/h6-12H,5H2,1-4H3,(H,22,25). The number of anilines is 1. The van der Waals surface area contributed by atoms with E-state index in [-0.39, 0.29) is 16.9 Å². The van der Waals surface area contributed by atoms with Crippen molar-refractivity contribution in [3.63, 3.8) is 0 Å². The Hall–Kier alpha value is -2.88. The average molecular weight is 334 g/mol. The van der Waals surface area contributed by atoms with E-state index in [4.69, 9.17) is 0 Å². The SMILES string of the molecule is CCn1cc(C(=O)Nc2cc(C)ccc2C)c(=O)c2cc(C)ccc21. The van der Waals surface area contributed by atoms with Gasteiger partial charge in [-0.05, 0) is 57.0 Å². The van der Waals surface area contributed by atoms with Crippen molar-refractivity contribution in [3.8, 4) is 0 Å². The van der Waals surface area contributed by atoms with E-state index in [1.165, 1.54) is 0 Å². The lowest BCUT2D eigenvalue weighted by Crippen LogP contribution is -2.24. The van der Waals surface area contributed by atoms with Gasteiger partial charge in [-0.2, -0.15) is 0 Å². The molecule has 0 saturated heterocycles. The number of benzene rings is 2. The molecule has 1 N–H and O–H groups in total. The third kappa shape index (κ3) is 3.20. The molecule has 25 heavy (non-hydrogen) atoms. The Kier molecular flexibility index (Phi) is 4.45. The summed E-state index contributed by atoms with van der Waals surface area (Å²) in [5, 5.41) is 3.47. The van der Waals surface area contributed by atoms with Crippen LogP contribution in [-0.4, -0.2) is 10.5 Å². The zero-order valence-corrected chi connectivity index (χ0v) is 15.0. The van der Waals surface area contributed by atoms with Gasteiger partial charge in [0.15, 0.2) is 0 Å². The molecule has 0 fully saturated rings. The molecular formula is C21H22N2O2. The number of rotatable bonds is 3. The number of amides is 1. The molecule has 1 heterocycles. The summed E-state index contributed by atoms with van der Waals surface area (Å²) in [6, 6.07) is 11.6. The number of aromatic nitrogens is 1. The highest BCUT2D eigenvalue weighted by atomic mass is 16.2. The first-order valence-corrected chi connectivity index (χ1v) is 8.43. The molecule has 0 aliphatic heterocycles. The molecule has 0 radical (unpaired) electrons. The maximum atomic E-state index is 12.9. The van der Waals surface area contributed by atoms with Gasteiger partial charge >= 0.3 is 0 Å². The maximum Gasteiger partial charge on any atom is 0.261 e. The monoisotopic (exact) mass is 334 g/mol. The Labute approximate surface area is 147 Å². The van der Waals surface area contributed by atoms with Gasteiger partial charge in [0.1, 0.15) is 5.56 Å². The number of carbonyl (C=O) groups excluding carboxylic acids is 1. The lowest BCUT2D eigenvalue weighted by atomic mass is 10.1. The van der Waals surface area contributed by atoms with Crippen LogP contribution in [0.15, 0.2) is 47.4 Å². The van der Waals surface area contributed by atoms with E-state index in [1.54, 1.807) is 6.20 Å². The largest absolute Gasteiger partial charge is 0.347 e. The van der Waals surface area contributed by atoms with Crippen molar-refractivity contribution in [2.45, 2.75) is 34.2 Å². The highest BCUT2D eigenvalue weighted by Crippen LogP contribution is 2.18. The predicted octanol–water partition coefficient (Wildman–Crippen LogP) is 4.20. The molecule has 128 valence electrons. The number of aryl methyl sites for hydroxylation is 4. The fourth-order valence-electron chi connectivity index (χ4n) is 2.99. The molecule has 4 nitrogen and oxygen atoms in total. The second-order valence-electron chi connectivity index (χ2n) is 6.45. The van der Waals surface area contributed by atoms with Crippen LogP contribution < -0.4 is 10.7 Å². The number of carbonyl (C=O) groups is 1. The second-order valence-corrected chi connectivity index (χ2v) is 6.45. The molecular weight excluding hydrogens is 312 g/mol. The van der Waals surface area contributed by atoms with Gasteiger partial charge in [-0.3, -0.25) is 9.59 Å². The number of hydrogen-bond acceptors (Lipinski definition) is 2. The predicted molar refractivity (Wildman–Crippen MR) is 102 cm³/mol. The Morgan fingerprint density at radius 2 is 1.72 bits per heavy atom. The molecule has 1 amide bonds. The molecule has 0 bridgehead atoms. The molecule has 0 atom stereocenters. The topological polar surface area (TPSA) is 51.1 Å².